The third-order valence-electron chi connectivity index (χ3n) is 2.12. The number of hydrogen-bond donors (Lipinski definition) is 1. The molecule has 0 aromatic carbocycles. The first kappa shape index (κ1) is 12.0. The highest BCUT2D eigenvalue weighted by atomic mass is 16.4. The zero-order valence-corrected chi connectivity index (χ0v) is 8.25. The van der Waals surface area contributed by atoms with Crippen LogP contribution in [0.25, 0.3) is 0 Å². The van der Waals surface area contributed by atoms with Gasteiger partial charge >= 0.3 is 5.97 Å². The lowest BCUT2D eigenvalue weighted by Crippen LogP contribution is -2.12. The molecule has 0 heterocycles. The largest absolute Gasteiger partial charge is 0.481 e. The maximum absolute atomic E-state index is 10.7. The van der Waals surface area contributed by atoms with Crippen LogP contribution < -0.4 is 0 Å². The molecule has 0 aliphatic heterocycles. The summed E-state index contributed by atoms with van der Waals surface area (Å²) in [5.74, 6) is 1.32. The molecule has 2 nitrogen and oxygen atoms in total. The number of terminal acetylenes is 1. The fraction of sp³-hybridized carbons (Fsp3) is 0.727. The van der Waals surface area contributed by atoms with E-state index in [0.717, 1.165) is 19.3 Å². The molecule has 0 radical (unpaired) electrons. The van der Waals surface area contributed by atoms with E-state index in [4.69, 9.17) is 11.5 Å². The van der Waals surface area contributed by atoms with Crippen LogP contribution in [0.1, 0.15) is 45.4 Å². The van der Waals surface area contributed by atoms with Gasteiger partial charge in [-0.15, -0.1) is 12.3 Å². The van der Waals surface area contributed by atoms with Crippen LogP contribution >= 0.6 is 0 Å². The number of rotatable bonds is 7. The summed E-state index contributed by atoms with van der Waals surface area (Å²) in [6, 6.07) is 0. The summed E-state index contributed by atoms with van der Waals surface area (Å²) >= 11 is 0. The van der Waals surface area contributed by atoms with Crippen molar-refractivity contribution in [1.29, 1.82) is 0 Å². The van der Waals surface area contributed by atoms with Crippen LogP contribution in [0.3, 0.4) is 0 Å². The molecule has 0 fully saturated rings. The molecule has 0 spiro atoms. The van der Waals surface area contributed by atoms with E-state index >= 15 is 0 Å². The first-order chi connectivity index (χ1) is 6.22. The van der Waals surface area contributed by atoms with Crippen molar-refractivity contribution >= 4 is 5.97 Å². The highest BCUT2D eigenvalue weighted by Gasteiger charge is 2.14. The Kier molecular flexibility index (Phi) is 7.10. The lowest BCUT2D eigenvalue weighted by atomic mass is 9.98. The van der Waals surface area contributed by atoms with E-state index in [1.165, 1.54) is 12.8 Å². The highest BCUT2D eigenvalue weighted by Crippen LogP contribution is 2.14. The molecule has 0 saturated heterocycles. The SMILES string of the molecule is C#CCC(CCCCCC)C(=O)O. The predicted molar refractivity (Wildman–Crippen MR) is 53.3 cm³/mol. The molecule has 13 heavy (non-hydrogen) atoms. The summed E-state index contributed by atoms with van der Waals surface area (Å²) in [6.07, 6.45) is 10.6. The Hall–Kier alpha value is -0.970. The Bertz CT molecular complexity index is 179. The number of hydrogen-bond acceptors (Lipinski definition) is 1. The molecule has 0 aromatic heterocycles. The Morgan fingerprint density at radius 3 is 2.62 bits per heavy atom. The molecule has 0 amide bonds. The number of aliphatic carboxylic acids is 1. The molecular formula is C11H18O2. The number of carboxylic acids is 1. The summed E-state index contributed by atoms with van der Waals surface area (Å²) in [7, 11) is 0. The fourth-order valence-electron chi connectivity index (χ4n) is 1.27. The Morgan fingerprint density at radius 2 is 2.15 bits per heavy atom. The van der Waals surface area contributed by atoms with Gasteiger partial charge in [-0.25, -0.2) is 0 Å². The highest BCUT2D eigenvalue weighted by molar-refractivity contribution is 5.70. The Labute approximate surface area is 80.3 Å². The van der Waals surface area contributed by atoms with Crippen molar-refractivity contribution in [1.82, 2.24) is 0 Å². The normalized spacial score (nSPS) is 12.0. The van der Waals surface area contributed by atoms with E-state index in [-0.39, 0.29) is 5.92 Å². The summed E-state index contributed by atoms with van der Waals surface area (Å²) < 4.78 is 0. The summed E-state index contributed by atoms with van der Waals surface area (Å²) in [5, 5.41) is 8.77. The molecule has 1 atom stereocenters. The first-order valence-electron chi connectivity index (χ1n) is 4.88. The Morgan fingerprint density at radius 1 is 1.46 bits per heavy atom. The minimum Gasteiger partial charge on any atom is -0.481 e. The fourth-order valence-corrected chi connectivity index (χ4v) is 1.27. The summed E-state index contributed by atoms with van der Waals surface area (Å²) in [6.45, 7) is 2.14. The molecule has 0 aromatic rings. The van der Waals surface area contributed by atoms with Crippen molar-refractivity contribution in [2.24, 2.45) is 5.92 Å². The van der Waals surface area contributed by atoms with Crippen LogP contribution in [0.2, 0.25) is 0 Å². The third-order valence-corrected chi connectivity index (χ3v) is 2.12. The molecule has 0 bridgehead atoms. The molecule has 0 aliphatic rings. The second-order valence-corrected chi connectivity index (χ2v) is 3.29. The van der Waals surface area contributed by atoms with E-state index in [1.807, 2.05) is 0 Å². The molecule has 0 saturated carbocycles. The van der Waals surface area contributed by atoms with Crippen LogP contribution in [0.15, 0.2) is 0 Å². The van der Waals surface area contributed by atoms with Crippen molar-refractivity contribution in [3.63, 3.8) is 0 Å². The van der Waals surface area contributed by atoms with Crippen molar-refractivity contribution in [3.8, 4) is 12.3 Å². The van der Waals surface area contributed by atoms with Crippen molar-refractivity contribution in [2.45, 2.75) is 45.4 Å². The first-order valence-corrected chi connectivity index (χ1v) is 4.88. The molecular weight excluding hydrogens is 164 g/mol. The molecule has 1 unspecified atom stereocenters. The minimum atomic E-state index is -0.755. The zero-order chi connectivity index (χ0) is 10.1. The van der Waals surface area contributed by atoms with Crippen LogP contribution in [-0.4, -0.2) is 11.1 Å². The van der Waals surface area contributed by atoms with Gasteiger partial charge in [0.1, 0.15) is 0 Å². The Balaban J connectivity index is 3.58. The second-order valence-electron chi connectivity index (χ2n) is 3.29. The maximum atomic E-state index is 10.7. The monoisotopic (exact) mass is 182 g/mol. The van der Waals surface area contributed by atoms with Crippen LogP contribution in [0.5, 0.6) is 0 Å². The lowest BCUT2D eigenvalue weighted by molar-refractivity contribution is -0.141. The van der Waals surface area contributed by atoms with Crippen molar-refractivity contribution in [3.05, 3.63) is 0 Å². The van der Waals surface area contributed by atoms with Crippen molar-refractivity contribution in [2.75, 3.05) is 0 Å². The summed E-state index contributed by atoms with van der Waals surface area (Å²) in [5.41, 5.74) is 0. The van der Waals surface area contributed by atoms with Gasteiger partial charge in [-0.05, 0) is 6.42 Å². The van der Waals surface area contributed by atoms with Crippen LogP contribution in [0.4, 0.5) is 0 Å². The van der Waals surface area contributed by atoms with Gasteiger partial charge in [0, 0.05) is 6.42 Å². The van der Waals surface area contributed by atoms with Crippen LogP contribution in [-0.2, 0) is 4.79 Å². The van der Waals surface area contributed by atoms with Gasteiger partial charge in [-0.1, -0.05) is 32.6 Å². The van der Waals surface area contributed by atoms with E-state index in [2.05, 4.69) is 12.8 Å². The zero-order valence-electron chi connectivity index (χ0n) is 8.25. The number of unbranched alkanes of at least 4 members (excludes halogenated alkanes) is 3. The van der Waals surface area contributed by atoms with Gasteiger partial charge in [0.15, 0.2) is 0 Å². The molecule has 0 aliphatic carbocycles. The van der Waals surface area contributed by atoms with E-state index < -0.39 is 5.97 Å². The van der Waals surface area contributed by atoms with Crippen LogP contribution in [0, 0.1) is 18.3 Å². The number of carboxylic acid groups (broad SMARTS) is 1. The third kappa shape index (κ3) is 6.21. The summed E-state index contributed by atoms with van der Waals surface area (Å²) in [4.78, 5) is 10.7. The van der Waals surface area contributed by atoms with E-state index in [0.29, 0.717) is 6.42 Å². The smallest absolute Gasteiger partial charge is 0.307 e. The van der Waals surface area contributed by atoms with Gasteiger partial charge in [0.2, 0.25) is 0 Å². The number of carbonyl (C=O) groups is 1. The molecule has 2 heteroatoms. The van der Waals surface area contributed by atoms with Gasteiger partial charge in [-0.3, -0.25) is 4.79 Å². The average Bonchev–Trinajstić information content (AvgIpc) is 2.10. The quantitative estimate of drug-likeness (QED) is 0.485. The second kappa shape index (κ2) is 7.67. The maximum Gasteiger partial charge on any atom is 0.307 e. The molecule has 0 rings (SSSR count). The van der Waals surface area contributed by atoms with E-state index in [1.54, 1.807) is 0 Å². The lowest BCUT2D eigenvalue weighted by Gasteiger charge is -2.07. The standard InChI is InChI=1S/C11H18O2/c1-3-5-6-7-9-10(8-4-2)11(12)13/h2,10H,3,5-9H2,1H3,(H,12,13). The molecule has 1 N–H and O–H groups in total. The van der Waals surface area contributed by atoms with Gasteiger partial charge < -0.3 is 5.11 Å². The van der Waals surface area contributed by atoms with Gasteiger partial charge in [0.25, 0.3) is 0 Å². The van der Waals surface area contributed by atoms with E-state index in [9.17, 15) is 4.79 Å². The predicted octanol–water partition coefficient (Wildman–Crippen LogP) is 2.68. The van der Waals surface area contributed by atoms with Gasteiger partial charge in [0.05, 0.1) is 5.92 Å². The average molecular weight is 182 g/mol. The topological polar surface area (TPSA) is 37.3 Å². The minimum absolute atomic E-state index is 0.332. The van der Waals surface area contributed by atoms with Gasteiger partial charge in [-0.2, -0.15) is 0 Å². The van der Waals surface area contributed by atoms with Crippen molar-refractivity contribution < 1.29 is 9.90 Å². The molecule has 74 valence electrons.